The molecule has 116 valence electrons. The number of nitrogens with one attached hydrogen (secondary N) is 1. The van der Waals surface area contributed by atoms with Crippen molar-refractivity contribution >= 4 is 5.91 Å². The number of rotatable bonds is 3. The van der Waals surface area contributed by atoms with Gasteiger partial charge in [-0.3, -0.25) is 9.89 Å². The van der Waals surface area contributed by atoms with E-state index in [0.717, 1.165) is 18.5 Å². The van der Waals surface area contributed by atoms with Gasteiger partial charge >= 0.3 is 0 Å². The van der Waals surface area contributed by atoms with Crippen molar-refractivity contribution in [3.63, 3.8) is 0 Å². The maximum atomic E-state index is 12.3. The predicted octanol–water partition coefficient (Wildman–Crippen LogP) is 1.45. The van der Waals surface area contributed by atoms with Crippen LogP contribution in [0.15, 0.2) is 0 Å². The van der Waals surface area contributed by atoms with Crippen LogP contribution < -0.4 is 0 Å². The first kappa shape index (κ1) is 14.6. The van der Waals surface area contributed by atoms with Gasteiger partial charge in [-0.1, -0.05) is 6.92 Å². The SMILES string of the molecule is CC1CN(C(=O)CCc2n[nH]c3c2CCCC3)CC1(C)O. The highest BCUT2D eigenvalue weighted by Gasteiger charge is 2.40. The molecule has 2 N–H and O–H groups in total. The van der Waals surface area contributed by atoms with Gasteiger partial charge in [0.05, 0.1) is 11.3 Å². The number of β-amino-alcohol motifs (C(OH)–C–C–N with tert-alkyl or cyclic N) is 1. The molecule has 1 fully saturated rings. The Morgan fingerprint density at radius 2 is 2.24 bits per heavy atom. The van der Waals surface area contributed by atoms with Gasteiger partial charge in [0.25, 0.3) is 0 Å². The summed E-state index contributed by atoms with van der Waals surface area (Å²) in [7, 11) is 0. The van der Waals surface area contributed by atoms with E-state index < -0.39 is 5.60 Å². The van der Waals surface area contributed by atoms with Crippen molar-refractivity contribution in [2.24, 2.45) is 5.92 Å². The summed E-state index contributed by atoms with van der Waals surface area (Å²) in [5.74, 6) is 0.270. The number of hydrogen-bond donors (Lipinski definition) is 2. The van der Waals surface area contributed by atoms with Crippen molar-refractivity contribution in [2.45, 2.75) is 58.0 Å². The zero-order valence-corrected chi connectivity index (χ0v) is 13.0. The fraction of sp³-hybridized carbons (Fsp3) is 0.750. The summed E-state index contributed by atoms with van der Waals surface area (Å²) in [6, 6.07) is 0. The van der Waals surface area contributed by atoms with Crippen LogP contribution in [0, 0.1) is 5.92 Å². The molecule has 1 aliphatic carbocycles. The number of aromatic nitrogens is 2. The lowest BCUT2D eigenvalue weighted by Gasteiger charge is -2.20. The fourth-order valence-corrected chi connectivity index (χ4v) is 3.46. The van der Waals surface area contributed by atoms with Gasteiger partial charge in [0.15, 0.2) is 0 Å². The molecule has 2 unspecified atom stereocenters. The number of aliphatic hydroxyl groups is 1. The second-order valence-electron chi connectivity index (χ2n) is 6.87. The van der Waals surface area contributed by atoms with Crippen molar-refractivity contribution in [3.8, 4) is 0 Å². The zero-order chi connectivity index (χ0) is 15.0. The monoisotopic (exact) mass is 291 g/mol. The molecule has 2 heterocycles. The van der Waals surface area contributed by atoms with Crippen molar-refractivity contribution in [3.05, 3.63) is 17.0 Å². The number of nitrogens with zero attached hydrogens (tertiary/aromatic N) is 2. The molecule has 0 bridgehead atoms. The number of carbonyl (C=O) groups excluding carboxylic acids is 1. The second-order valence-corrected chi connectivity index (χ2v) is 6.87. The van der Waals surface area contributed by atoms with E-state index >= 15 is 0 Å². The number of hydrogen-bond acceptors (Lipinski definition) is 3. The Bertz CT molecular complexity index is 536. The summed E-state index contributed by atoms with van der Waals surface area (Å²) < 4.78 is 0. The Kier molecular flexibility index (Phi) is 3.78. The number of amides is 1. The van der Waals surface area contributed by atoms with Gasteiger partial charge in [-0.05, 0) is 38.2 Å². The van der Waals surface area contributed by atoms with E-state index in [1.54, 1.807) is 4.90 Å². The molecular formula is C16H25N3O2. The average molecular weight is 291 g/mol. The second kappa shape index (κ2) is 5.44. The van der Waals surface area contributed by atoms with Crippen LogP contribution in [-0.2, 0) is 24.1 Å². The van der Waals surface area contributed by atoms with Crippen LogP contribution in [0.2, 0.25) is 0 Å². The molecule has 0 spiro atoms. The minimum Gasteiger partial charge on any atom is -0.388 e. The maximum absolute atomic E-state index is 12.3. The number of aryl methyl sites for hydroxylation is 2. The molecule has 21 heavy (non-hydrogen) atoms. The highest BCUT2D eigenvalue weighted by atomic mass is 16.3. The molecule has 0 aromatic carbocycles. The molecule has 5 nitrogen and oxygen atoms in total. The van der Waals surface area contributed by atoms with E-state index in [4.69, 9.17) is 0 Å². The number of likely N-dealkylation sites (tertiary alicyclic amines) is 1. The van der Waals surface area contributed by atoms with E-state index in [1.807, 2.05) is 13.8 Å². The van der Waals surface area contributed by atoms with Crippen molar-refractivity contribution in [1.29, 1.82) is 0 Å². The molecule has 0 saturated carbocycles. The van der Waals surface area contributed by atoms with Gasteiger partial charge in [0.2, 0.25) is 5.91 Å². The Labute approximate surface area is 125 Å². The molecular weight excluding hydrogens is 266 g/mol. The highest BCUT2D eigenvalue weighted by Crippen LogP contribution is 2.28. The van der Waals surface area contributed by atoms with Gasteiger partial charge in [0, 0.05) is 37.5 Å². The number of aromatic amines is 1. The number of fused-ring (bicyclic) bond motifs is 1. The normalized spacial score (nSPS) is 28.7. The zero-order valence-electron chi connectivity index (χ0n) is 13.0. The molecule has 1 amide bonds. The first-order valence-electron chi connectivity index (χ1n) is 8.02. The molecule has 1 aromatic rings. The van der Waals surface area contributed by atoms with E-state index in [1.165, 1.54) is 24.1 Å². The number of carbonyl (C=O) groups is 1. The van der Waals surface area contributed by atoms with Gasteiger partial charge < -0.3 is 10.0 Å². The Hall–Kier alpha value is -1.36. The molecule has 1 aromatic heterocycles. The van der Waals surface area contributed by atoms with Gasteiger partial charge in [-0.15, -0.1) is 0 Å². The van der Waals surface area contributed by atoms with Crippen LogP contribution in [-0.4, -0.2) is 44.8 Å². The predicted molar refractivity (Wildman–Crippen MR) is 79.9 cm³/mol. The first-order valence-corrected chi connectivity index (χ1v) is 8.02. The summed E-state index contributed by atoms with van der Waals surface area (Å²) in [6.07, 6.45) is 5.82. The molecule has 3 rings (SSSR count). The Balaban J connectivity index is 1.58. The molecule has 2 aliphatic rings. The Morgan fingerprint density at radius 3 is 2.95 bits per heavy atom. The lowest BCUT2D eigenvalue weighted by molar-refractivity contribution is -0.131. The van der Waals surface area contributed by atoms with Crippen molar-refractivity contribution < 1.29 is 9.90 Å². The van der Waals surface area contributed by atoms with Crippen LogP contribution in [0.5, 0.6) is 0 Å². The van der Waals surface area contributed by atoms with E-state index in [0.29, 0.717) is 25.9 Å². The lowest BCUT2D eigenvalue weighted by atomic mass is 9.94. The summed E-state index contributed by atoms with van der Waals surface area (Å²) in [5, 5.41) is 17.7. The van der Waals surface area contributed by atoms with Crippen molar-refractivity contribution in [2.75, 3.05) is 13.1 Å². The van der Waals surface area contributed by atoms with Gasteiger partial charge in [-0.25, -0.2) is 0 Å². The van der Waals surface area contributed by atoms with Crippen LogP contribution in [0.4, 0.5) is 0 Å². The molecule has 5 heteroatoms. The summed E-state index contributed by atoms with van der Waals surface area (Å²) in [4.78, 5) is 14.1. The number of H-pyrrole nitrogens is 1. The minimum absolute atomic E-state index is 0.132. The summed E-state index contributed by atoms with van der Waals surface area (Å²) in [5.41, 5.74) is 2.93. The smallest absolute Gasteiger partial charge is 0.223 e. The third kappa shape index (κ3) is 2.84. The van der Waals surface area contributed by atoms with E-state index in [-0.39, 0.29) is 11.8 Å². The van der Waals surface area contributed by atoms with Crippen LogP contribution in [0.25, 0.3) is 0 Å². The summed E-state index contributed by atoms with van der Waals surface area (Å²) >= 11 is 0. The largest absolute Gasteiger partial charge is 0.388 e. The average Bonchev–Trinajstić information content (AvgIpc) is 2.98. The molecule has 1 aliphatic heterocycles. The van der Waals surface area contributed by atoms with Gasteiger partial charge in [0.1, 0.15) is 0 Å². The molecule has 2 atom stereocenters. The minimum atomic E-state index is -0.749. The van der Waals surface area contributed by atoms with E-state index in [2.05, 4.69) is 10.2 Å². The van der Waals surface area contributed by atoms with Crippen molar-refractivity contribution in [1.82, 2.24) is 15.1 Å². The molecule has 1 saturated heterocycles. The highest BCUT2D eigenvalue weighted by molar-refractivity contribution is 5.77. The van der Waals surface area contributed by atoms with Crippen LogP contribution in [0.3, 0.4) is 0 Å². The van der Waals surface area contributed by atoms with Crippen LogP contribution >= 0.6 is 0 Å². The fourth-order valence-electron chi connectivity index (χ4n) is 3.46. The van der Waals surface area contributed by atoms with E-state index in [9.17, 15) is 9.90 Å². The standard InChI is InChI=1S/C16H25N3O2/c1-11-9-19(10-16(11,2)21)15(20)8-7-14-12-5-3-4-6-13(12)17-18-14/h11,21H,3-10H2,1-2H3,(H,17,18). The quantitative estimate of drug-likeness (QED) is 0.885. The van der Waals surface area contributed by atoms with Crippen LogP contribution in [0.1, 0.15) is 50.1 Å². The molecule has 0 radical (unpaired) electrons. The first-order chi connectivity index (χ1) is 9.97. The third-order valence-electron chi connectivity index (χ3n) is 5.14. The third-order valence-corrected chi connectivity index (χ3v) is 5.14. The topological polar surface area (TPSA) is 69.2 Å². The Morgan fingerprint density at radius 1 is 1.48 bits per heavy atom. The van der Waals surface area contributed by atoms with Gasteiger partial charge in [-0.2, -0.15) is 5.10 Å². The summed E-state index contributed by atoms with van der Waals surface area (Å²) in [6.45, 7) is 4.92. The lowest BCUT2D eigenvalue weighted by Crippen LogP contribution is -2.35. The maximum Gasteiger partial charge on any atom is 0.223 e.